The highest BCUT2D eigenvalue weighted by atomic mass is 16.5. The second-order valence-electron chi connectivity index (χ2n) is 4.28. The van der Waals surface area contributed by atoms with Gasteiger partial charge in [-0.3, -0.25) is 4.79 Å². The van der Waals surface area contributed by atoms with E-state index in [0.29, 0.717) is 12.2 Å². The largest absolute Gasteiger partial charge is 0.508 e. The van der Waals surface area contributed by atoms with Crippen molar-refractivity contribution in [2.45, 2.75) is 19.3 Å². The molecule has 1 aliphatic rings. The lowest BCUT2D eigenvalue weighted by atomic mass is 10.0. The molecule has 1 aliphatic heterocycles. The second kappa shape index (κ2) is 6.21. The number of rotatable bonds is 4. The summed E-state index contributed by atoms with van der Waals surface area (Å²) in [6.45, 7) is 1.88. The lowest BCUT2D eigenvalue weighted by Gasteiger charge is -2.13. The highest BCUT2D eigenvalue weighted by Crippen LogP contribution is 2.17. The fourth-order valence-corrected chi connectivity index (χ4v) is 1.86. The van der Waals surface area contributed by atoms with Crippen LogP contribution in [-0.2, 0) is 4.79 Å². The topological polar surface area (TPSA) is 58.6 Å². The third kappa shape index (κ3) is 3.89. The van der Waals surface area contributed by atoms with Crippen LogP contribution in [0.15, 0.2) is 35.9 Å². The van der Waals surface area contributed by atoms with E-state index in [2.05, 4.69) is 11.4 Å². The van der Waals surface area contributed by atoms with Crippen molar-refractivity contribution in [3.63, 3.8) is 0 Å². The first-order chi connectivity index (χ1) is 8.74. The Bertz CT molecular complexity index is 437. The van der Waals surface area contributed by atoms with Gasteiger partial charge in [0, 0.05) is 13.0 Å². The zero-order valence-corrected chi connectivity index (χ0v) is 10.2. The van der Waals surface area contributed by atoms with Crippen molar-refractivity contribution in [1.82, 2.24) is 5.32 Å². The van der Waals surface area contributed by atoms with Gasteiger partial charge in [-0.15, -0.1) is 0 Å². The second-order valence-corrected chi connectivity index (χ2v) is 4.28. The number of aromatic hydroxyl groups is 1. The summed E-state index contributed by atoms with van der Waals surface area (Å²) >= 11 is 0. The van der Waals surface area contributed by atoms with Gasteiger partial charge in [0.2, 0.25) is 0 Å². The number of nitrogens with one attached hydrogen (secondary N) is 1. The van der Waals surface area contributed by atoms with Crippen molar-refractivity contribution in [3.05, 3.63) is 35.9 Å². The zero-order chi connectivity index (χ0) is 12.8. The molecule has 0 unspecified atom stereocenters. The van der Waals surface area contributed by atoms with Crippen LogP contribution in [0.3, 0.4) is 0 Å². The summed E-state index contributed by atoms with van der Waals surface area (Å²) in [5, 5.41) is 12.3. The van der Waals surface area contributed by atoms with Crippen LogP contribution in [0.5, 0.6) is 11.5 Å². The molecule has 0 radical (unpaired) electrons. The van der Waals surface area contributed by atoms with E-state index in [0.717, 1.165) is 25.9 Å². The van der Waals surface area contributed by atoms with Crippen LogP contribution in [-0.4, -0.2) is 24.2 Å². The normalized spacial score (nSPS) is 15.0. The number of benzene rings is 1. The summed E-state index contributed by atoms with van der Waals surface area (Å²) in [5.41, 5.74) is 1.32. The average molecular weight is 247 g/mol. The summed E-state index contributed by atoms with van der Waals surface area (Å²) in [5.74, 6) is 0.395. The SMILES string of the molecule is O=C(CCC1=CCNCC1)Oc1ccc(O)cc1. The van der Waals surface area contributed by atoms with Crippen molar-refractivity contribution in [3.8, 4) is 11.5 Å². The van der Waals surface area contributed by atoms with Gasteiger partial charge in [0.1, 0.15) is 11.5 Å². The molecule has 1 heterocycles. The van der Waals surface area contributed by atoms with Gasteiger partial charge in [0.05, 0.1) is 0 Å². The van der Waals surface area contributed by atoms with E-state index >= 15 is 0 Å². The third-order valence-corrected chi connectivity index (χ3v) is 2.88. The van der Waals surface area contributed by atoms with E-state index in [9.17, 15) is 4.79 Å². The highest BCUT2D eigenvalue weighted by molar-refractivity contribution is 5.72. The Labute approximate surface area is 106 Å². The number of hydrogen-bond acceptors (Lipinski definition) is 4. The van der Waals surface area contributed by atoms with Crippen molar-refractivity contribution in [2.24, 2.45) is 0 Å². The van der Waals surface area contributed by atoms with Crippen LogP contribution in [0.2, 0.25) is 0 Å². The van der Waals surface area contributed by atoms with Gasteiger partial charge in [-0.2, -0.15) is 0 Å². The quantitative estimate of drug-likeness (QED) is 0.485. The third-order valence-electron chi connectivity index (χ3n) is 2.88. The predicted octanol–water partition coefficient (Wildman–Crippen LogP) is 2.00. The molecular formula is C14H17NO3. The van der Waals surface area contributed by atoms with Crippen LogP contribution >= 0.6 is 0 Å². The van der Waals surface area contributed by atoms with Gasteiger partial charge in [-0.05, 0) is 43.7 Å². The maximum Gasteiger partial charge on any atom is 0.311 e. The minimum atomic E-state index is -0.236. The van der Waals surface area contributed by atoms with Gasteiger partial charge < -0.3 is 15.2 Å². The van der Waals surface area contributed by atoms with Crippen LogP contribution < -0.4 is 10.1 Å². The Morgan fingerprint density at radius 1 is 1.33 bits per heavy atom. The lowest BCUT2D eigenvalue weighted by Crippen LogP contribution is -2.21. The maximum absolute atomic E-state index is 11.6. The summed E-state index contributed by atoms with van der Waals surface area (Å²) in [7, 11) is 0. The molecule has 0 saturated heterocycles. The summed E-state index contributed by atoms with van der Waals surface area (Å²) < 4.78 is 5.17. The molecule has 0 bridgehead atoms. The number of carbonyl (C=O) groups is 1. The summed E-state index contributed by atoms with van der Waals surface area (Å²) in [6, 6.07) is 6.16. The van der Waals surface area contributed by atoms with Crippen molar-refractivity contribution in [1.29, 1.82) is 0 Å². The van der Waals surface area contributed by atoms with E-state index in [4.69, 9.17) is 9.84 Å². The fraction of sp³-hybridized carbons (Fsp3) is 0.357. The molecule has 1 aromatic rings. The Kier molecular flexibility index (Phi) is 4.36. The first-order valence-electron chi connectivity index (χ1n) is 6.12. The Hall–Kier alpha value is -1.81. The summed E-state index contributed by atoms with van der Waals surface area (Å²) in [4.78, 5) is 11.6. The van der Waals surface area contributed by atoms with E-state index in [-0.39, 0.29) is 11.7 Å². The number of esters is 1. The molecule has 0 fully saturated rings. The predicted molar refractivity (Wildman–Crippen MR) is 68.5 cm³/mol. The van der Waals surface area contributed by atoms with Gasteiger partial charge in [0.15, 0.2) is 0 Å². The lowest BCUT2D eigenvalue weighted by molar-refractivity contribution is -0.134. The molecule has 0 aromatic heterocycles. The number of hydrogen-bond donors (Lipinski definition) is 2. The molecule has 4 nitrogen and oxygen atoms in total. The molecule has 2 N–H and O–H groups in total. The van der Waals surface area contributed by atoms with Crippen LogP contribution in [0.4, 0.5) is 0 Å². The zero-order valence-electron chi connectivity index (χ0n) is 10.2. The molecule has 4 heteroatoms. The van der Waals surface area contributed by atoms with Gasteiger partial charge in [0.25, 0.3) is 0 Å². The van der Waals surface area contributed by atoms with E-state index in [1.165, 1.54) is 17.7 Å². The van der Waals surface area contributed by atoms with Crippen molar-refractivity contribution < 1.29 is 14.6 Å². The summed E-state index contributed by atoms with van der Waals surface area (Å²) in [6.07, 6.45) is 4.30. The van der Waals surface area contributed by atoms with Crippen LogP contribution in [0, 0.1) is 0 Å². The molecule has 2 rings (SSSR count). The Morgan fingerprint density at radius 3 is 2.78 bits per heavy atom. The van der Waals surface area contributed by atoms with Gasteiger partial charge in [-0.25, -0.2) is 0 Å². The minimum Gasteiger partial charge on any atom is -0.508 e. The Morgan fingerprint density at radius 2 is 2.11 bits per heavy atom. The number of carbonyl (C=O) groups excluding carboxylic acids is 1. The first kappa shape index (κ1) is 12.6. The van der Waals surface area contributed by atoms with Crippen molar-refractivity contribution in [2.75, 3.05) is 13.1 Å². The van der Waals surface area contributed by atoms with Crippen molar-refractivity contribution >= 4 is 5.97 Å². The highest BCUT2D eigenvalue weighted by Gasteiger charge is 2.08. The van der Waals surface area contributed by atoms with Crippen LogP contribution in [0.25, 0.3) is 0 Å². The monoisotopic (exact) mass is 247 g/mol. The molecule has 0 atom stereocenters. The van der Waals surface area contributed by atoms with E-state index in [1.54, 1.807) is 12.1 Å². The van der Waals surface area contributed by atoms with Gasteiger partial charge in [-0.1, -0.05) is 11.6 Å². The van der Waals surface area contributed by atoms with Crippen LogP contribution in [0.1, 0.15) is 19.3 Å². The van der Waals surface area contributed by atoms with E-state index in [1.807, 2.05) is 0 Å². The number of phenolic OH excluding ortho intramolecular Hbond substituents is 1. The average Bonchev–Trinajstić information content (AvgIpc) is 2.40. The van der Waals surface area contributed by atoms with Gasteiger partial charge >= 0.3 is 5.97 Å². The Balaban J connectivity index is 1.78. The van der Waals surface area contributed by atoms with E-state index < -0.39 is 0 Å². The molecule has 96 valence electrons. The molecule has 0 spiro atoms. The minimum absolute atomic E-state index is 0.162. The molecule has 18 heavy (non-hydrogen) atoms. The fourth-order valence-electron chi connectivity index (χ4n) is 1.86. The maximum atomic E-state index is 11.6. The standard InChI is InChI=1S/C14H17NO3/c16-12-2-4-13(5-3-12)18-14(17)6-1-11-7-9-15-10-8-11/h2-5,7,15-16H,1,6,8-10H2. The number of ether oxygens (including phenoxy) is 1. The molecular weight excluding hydrogens is 230 g/mol. The molecule has 0 saturated carbocycles. The molecule has 0 amide bonds. The first-order valence-corrected chi connectivity index (χ1v) is 6.12. The smallest absolute Gasteiger partial charge is 0.311 e. The number of phenols is 1. The molecule has 0 aliphatic carbocycles. The molecule has 1 aromatic carbocycles.